The molecule has 1 fully saturated rings. The van der Waals surface area contributed by atoms with E-state index in [4.69, 9.17) is 10.5 Å². The summed E-state index contributed by atoms with van der Waals surface area (Å²) in [6.45, 7) is 7.66. The Labute approximate surface area is 104 Å². The van der Waals surface area contributed by atoms with Crippen molar-refractivity contribution < 1.29 is 9.53 Å². The first-order valence-electron chi connectivity index (χ1n) is 6.64. The Balaban J connectivity index is 2.31. The van der Waals surface area contributed by atoms with Gasteiger partial charge in [-0.25, -0.2) is 0 Å². The highest BCUT2D eigenvalue weighted by molar-refractivity contribution is 5.76. The van der Waals surface area contributed by atoms with E-state index < -0.39 is 0 Å². The van der Waals surface area contributed by atoms with Gasteiger partial charge in [-0.3, -0.25) is 4.79 Å². The number of rotatable bonds is 6. The van der Waals surface area contributed by atoms with Gasteiger partial charge in [0, 0.05) is 13.0 Å². The molecule has 4 heteroatoms. The molecule has 0 bridgehead atoms. The summed E-state index contributed by atoms with van der Waals surface area (Å²) in [6.07, 6.45) is 2.61. The third-order valence-electron chi connectivity index (χ3n) is 3.33. The number of carbonyl (C=O) groups is 1. The van der Waals surface area contributed by atoms with E-state index in [0.717, 1.165) is 19.4 Å². The van der Waals surface area contributed by atoms with Gasteiger partial charge in [0.1, 0.15) is 0 Å². The van der Waals surface area contributed by atoms with Gasteiger partial charge in [-0.2, -0.15) is 0 Å². The maximum absolute atomic E-state index is 11.9. The number of hydrogen-bond acceptors (Lipinski definition) is 3. The number of amides is 1. The number of nitrogens with one attached hydrogen (secondary N) is 1. The molecule has 3 unspecified atom stereocenters. The van der Waals surface area contributed by atoms with E-state index in [2.05, 4.69) is 19.2 Å². The lowest BCUT2D eigenvalue weighted by molar-refractivity contribution is -0.123. The quantitative estimate of drug-likeness (QED) is 0.737. The molecule has 1 saturated heterocycles. The normalized spacial score (nSPS) is 26.2. The molecule has 0 saturated carbocycles. The van der Waals surface area contributed by atoms with Crippen molar-refractivity contribution in [1.29, 1.82) is 0 Å². The average Bonchev–Trinajstić information content (AvgIpc) is 2.62. The first-order chi connectivity index (χ1) is 8.02. The largest absolute Gasteiger partial charge is 0.376 e. The van der Waals surface area contributed by atoms with Crippen molar-refractivity contribution in [3.8, 4) is 0 Å². The van der Waals surface area contributed by atoms with Gasteiger partial charge >= 0.3 is 0 Å². The highest BCUT2D eigenvalue weighted by atomic mass is 16.5. The van der Waals surface area contributed by atoms with E-state index in [-0.39, 0.29) is 18.1 Å². The van der Waals surface area contributed by atoms with Crippen molar-refractivity contribution in [2.45, 2.75) is 52.2 Å². The van der Waals surface area contributed by atoms with Crippen molar-refractivity contribution in [2.24, 2.45) is 17.6 Å². The minimum Gasteiger partial charge on any atom is -0.376 e. The van der Waals surface area contributed by atoms with Gasteiger partial charge in [0.05, 0.1) is 12.1 Å². The van der Waals surface area contributed by atoms with E-state index in [1.165, 1.54) is 0 Å². The zero-order chi connectivity index (χ0) is 12.8. The minimum absolute atomic E-state index is 0.114. The average molecular weight is 242 g/mol. The van der Waals surface area contributed by atoms with Crippen LogP contribution in [-0.2, 0) is 9.53 Å². The lowest BCUT2D eigenvalue weighted by Gasteiger charge is -2.20. The zero-order valence-electron chi connectivity index (χ0n) is 11.2. The summed E-state index contributed by atoms with van der Waals surface area (Å²) >= 11 is 0. The van der Waals surface area contributed by atoms with Gasteiger partial charge in [-0.15, -0.1) is 0 Å². The van der Waals surface area contributed by atoms with Crippen molar-refractivity contribution in [3.63, 3.8) is 0 Å². The second-order valence-corrected chi connectivity index (χ2v) is 5.47. The highest BCUT2D eigenvalue weighted by Gasteiger charge is 2.26. The van der Waals surface area contributed by atoms with Crippen LogP contribution in [0.5, 0.6) is 0 Å². The van der Waals surface area contributed by atoms with E-state index in [1.807, 2.05) is 6.92 Å². The monoisotopic (exact) mass is 242 g/mol. The van der Waals surface area contributed by atoms with Gasteiger partial charge in [-0.1, -0.05) is 13.8 Å². The number of carbonyl (C=O) groups excluding carboxylic acids is 1. The zero-order valence-corrected chi connectivity index (χ0v) is 11.2. The standard InChI is InChI=1S/C13H26N2O2/c1-9(2)6-11(8-14)7-13(16)15-12-4-5-17-10(12)3/h9-12H,4-8,14H2,1-3H3,(H,15,16). The molecule has 0 radical (unpaired) electrons. The van der Waals surface area contributed by atoms with Crippen LogP contribution in [0.1, 0.15) is 40.0 Å². The first kappa shape index (κ1) is 14.5. The number of nitrogens with two attached hydrogens (primary N) is 1. The van der Waals surface area contributed by atoms with Gasteiger partial charge in [0.2, 0.25) is 5.91 Å². The number of hydrogen-bond donors (Lipinski definition) is 2. The Morgan fingerprint density at radius 2 is 2.24 bits per heavy atom. The summed E-state index contributed by atoms with van der Waals surface area (Å²) in [6, 6.07) is 0.181. The van der Waals surface area contributed by atoms with E-state index >= 15 is 0 Å². The van der Waals surface area contributed by atoms with Gasteiger partial charge in [0.25, 0.3) is 0 Å². The molecule has 3 N–H and O–H groups in total. The third-order valence-corrected chi connectivity index (χ3v) is 3.33. The molecule has 17 heavy (non-hydrogen) atoms. The SMILES string of the molecule is CC(C)CC(CN)CC(=O)NC1CCOC1C. The summed E-state index contributed by atoms with van der Waals surface area (Å²) in [7, 11) is 0. The van der Waals surface area contributed by atoms with Crippen LogP contribution in [0.4, 0.5) is 0 Å². The van der Waals surface area contributed by atoms with Crippen LogP contribution in [0, 0.1) is 11.8 Å². The fourth-order valence-corrected chi connectivity index (χ4v) is 2.38. The molecule has 3 atom stereocenters. The van der Waals surface area contributed by atoms with Gasteiger partial charge in [0.15, 0.2) is 0 Å². The summed E-state index contributed by atoms with van der Waals surface area (Å²) in [5, 5.41) is 3.05. The predicted octanol–water partition coefficient (Wildman–Crippen LogP) is 1.29. The number of ether oxygens (including phenoxy) is 1. The molecule has 0 aliphatic carbocycles. The third kappa shape index (κ3) is 5.04. The van der Waals surface area contributed by atoms with Crippen molar-refractivity contribution in [3.05, 3.63) is 0 Å². The molecule has 0 aromatic rings. The summed E-state index contributed by atoms with van der Waals surface area (Å²) in [5.41, 5.74) is 5.70. The van der Waals surface area contributed by atoms with Crippen molar-refractivity contribution in [1.82, 2.24) is 5.32 Å². The molecular formula is C13H26N2O2. The van der Waals surface area contributed by atoms with Crippen molar-refractivity contribution >= 4 is 5.91 Å². The van der Waals surface area contributed by atoms with E-state index in [9.17, 15) is 4.79 Å². The molecular weight excluding hydrogens is 216 g/mol. The van der Waals surface area contributed by atoms with Crippen LogP contribution in [0.3, 0.4) is 0 Å². The predicted molar refractivity (Wildman–Crippen MR) is 68.6 cm³/mol. The minimum atomic E-state index is 0.114. The lowest BCUT2D eigenvalue weighted by atomic mass is 9.94. The summed E-state index contributed by atoms with van der Waals surface area (Å²) in [5.74, 6) is 1.00. The molecule has 0 aromatic heterocycles. The molecule has 0 aromatic carbocycles. The maximum atomic E-state index is 11.9. The second-order valence-electron chi connectivity index (χ2n) is 5.47. The fraction of sp³-hybridized carbons (Fsp3) is 0.923. The molecule has 4 nitrogen and oxygen atoms in total. The molecule has 1 rings (SSSR count). The van der Waals surface area contributed by atoms with Crippen LogP contribution >= 0.6 is 0 Å². The Kier molecular flexibility index (Phi) is 5.92. The Hall–Kier alpha value is -0.610. The second kappa shape index (κ2) is 6.97. The van der Waals surface area contributed by atoms with Gasteiger partial charge in [-0.05, 0) is 38.1 Å². The van der Waals surface area contributed by atoms with E-state index in [1.54, 1.807) is 0 Å². The van der Waals surface area contributed by atoms with Crippen LogP contribution < -0.4 is 11.1 Å². The highest BCUT2D eigenvalue weighted by Crippen LogP contribution is 2.16. The Bertz CT molecular complexity index is 244. The van der Waals surface area contributed by atoms with Gasteiger partial charge < -0.3 is 15.8 Å². The Morgan fingerprint density at radius 3 is 2.71 bits per heavy atom. The molecule has 1 aliphatic rings. The van der Waals surface area contributed by atoms with Crippen LogP contribution in [0.2, 0.25) is 0 Å². The molecule has 1 aliphatic heterocycles. The van der Waals surface area contributed by atoms with Crippen LogP contribution in [0.25, 0.3) is 0 Å². The molecule has 1 amide bonds. The Morgan fingerprint density at radius 1 is 1.53 bits per heavy atom. The summed E-state index contributed by atoms with van der Waals surface area (Å²) in [4.78, 5) is 11.9. The topological polar surface area (TPSA) is 64.4 Å². The smallest absolute Gasteiger partial charge is 0.220 e. The fourth-order valence-electron chi connectivity index (χ4n) is 2.38. The van der Waals surface area contributed by atoms with E-state index in [0.29, 0.717) is 24.8 Å². The molecule has 100 valence electrons. The van der Waals surface area contributed by atoms with Crippen molar-refractivity contribution in [2.75, 3.05) is 13.2 Å². The van der Waals surface area contributed by atoms with Crippen LogP contribution in [-0.4, -0.2) is 31.2 Å². The summed E-state index contributed by atoms with van der Waals surface area (Å²) < 4.78 is 5.42. The first-order valence-corrected chi connectivity index (χ1v) is 6.64. The van der Waals surface area contributed by atoms with Crippen LogP contribution in [0.15, 0.2) is 0 Å². The molecule has 1 heterocycles. The maximum Gasteiger partial charge on any atom is 0.220 e. The molecule has 0 spiro atoms. The lowest BCUT2D eigenvalue weighted by Crippen LogP contribution is -2.40.